The number of aliphatic hydroxyl groups excluding tert-OH is 1. The summed E-state index contributed by atoms with van der Waals surface area (Å²) in [5.74, 6) is -0.303. The van der Waals surface area contributed by atoms with Crippen molar-refractivity contribution in [3.8, 4) is 0 Å². The van der Waals surface area contributed by atoms with Crippen LogP contribution in [0.15, 0.2) is 29.2 Å². The number of hydrogen-bond donors (Lipinski definition) is 2. The second-order valence-corrected chi connectivity index (χ2v) is 5.27. The average Bonchev–Trinajstić information content (AvgIpc) is 2.29. The van der Waals surface area contributed by atoms with Crippen molar-refractivity contribution in [3.63, 3.8) is 0 Å². The molecule has 0 fully saturated rings. The molecule has 1 aromatic carbocycles. The number of alkyl halides is 1. The van der Waals surface area contributed by atoms with Gasteiger partial charge in [0.2, 0.25) is 0 Å². The summed E-state index contributed by atoms with van der Waals surface area (Å²) in [6, 6.07) is 6.92. The van der Waals surface area contributed by atoms with Gasteiger partial charge in [-0.1, -0.05) is 17.7 Å². The van der Waals surface area contributed by atoms with E-state index in [1.807, 2.05) is 6.92 Å². The van der Waals surface area contributed by atoms with E-state index in [9.17, 15) is 13.7 Å². The molecule has 0 aliphatic heterocycles. The molecule has 0 unspecified atom stereocenters. The molecule has 2 atom stereocenters. The highest BCUT2D eigenvalue weighted by Gasteiger charge is 2.29. The summed E-state index contributed by atoms with van der Waals surface area (Å²) >= 11 is 0. The zero-order valence-electron chi connectivity index (χ0n) is 9.02. The zero-order chi connectivity index (χ0) is 12.2. The van der Waals surface area contributed by atoms with Crippen molar-refractivity contribution in [1.82, 2.24) is 0 Å². The van der Waals surface area contributed by atoms with Crippen molar-refractivity contribution in [1.29, 1.82) is 0 Å². The molecule has 0 saturated carbocycles. The maximum atomic E-state index is 12.4. The molecule has 0 aliphatic rings. The van der Waals surface area contributed by atoms with Crippen LogP contribution in [0.3, 0.4) is 0 Å². The second kappa shape index (κ2) is 5.52. The molecule has 1 rings (SSSR count). The van der Waals surface area contributed by atoms with Gasteiger partial charge >= 0.3 is 0 Å². The highest BCUT2D eigenvalue weighted by molar-refractivity contribution is 7.85. The smallest absolute Gasteiger partial charge is 0.128 e. The van der Waals surface area contributed by atoms with Crippen LogP contribution in [0.2, 0.25) is 0 Å². The van der Waals surface area contributed by atoms with E-state index in [2.05, 4.69) is 0 Å². The third-order valence-corrected chi connectivity index (χ3v) is 3.82. The van der Waals surface area contributed by atoms with E-state index in [0.717, 1.165) is 5.56 Å². The first-order valence-electron chi connectivity index (χ1n) is 4.85. The molecular formula is C11H15FO3S. The van der Waals surface area contributed by atoms with Crippen LogP contribution in [-0.4, -0.2) is 39.1 Å². The molecule has 0 saturated heterocycles. The SMILES string of the molecule is Cc1ccc([S@](=O)C[C@](O)(CO)CF)cc1. The lowest BCUT2D eigenvalue weighted by atomic mass is 10.1. The summed E-state index contributed by atoms with van der Waals surface area (Å²) in [5, 5.41) is 18.3. The van der Waals surface area contributed by atoms with Gasteiger partial charge in [0.05, 0.1) is 23.2 Å². The largest absolute Gasteiger partial charge is 0.393 e. The number of hydrogen-bond acceptors (Lipinski definition) is 3. The Hall–Kier alpha value is -0.780. The van der Waals surface area contributed by atoms with E-state index in [1.54, 1.807) is 24.3 Å². The lowest BCUT2D eigenvalue weighted by Crippen LogP contribution is -2.41. The molecule has 0 aromatic heterocycles. The Morgan fingerprint density at radius 2 is 1.94 bits per heavy atom. The normalized spacial score (nSPS) is 16.8. The molecule has 3 nitrogen and oxygen atoms in total. The van der Waals surface area contributed by atoms with E-state index in [0.29, 0.717) is 4.90 Å². The number of aliphatic hydroxyl groups is 2. The molecule has 90 valence electrons. The van der Waals surface area contributed by atoms with Crippen molar-refractivity contribution >= 4 is 10.8 Å². The van der Waals surface area contributed by atoms with Gasteiger partial charge in [-0.15, -0.1) is 0 Å². The first-order valence-corrected chi connectivity index (χ1v) is 6.17. The molecule has 0 aliphatic carbocycles. The average molecular weight is 246 g/mol. The van der Waals surface area contributed by atoms with Crippen LogP contribution in [0.25, 0.3) is 0 Å². The maximum Gasteiger partial charge on any atom is 0.128 e. The molecule has 0 spiro atoms. The number of benzene rings is 1. The van der Waals surface area contributed by atoms with Crippen LogP contribution < -0.4 is 0 Å². The minimum absolute atomic E-state index is 0.303. The van der Waals surface area contributed by atoms with Gasteiger partial charge in [0.15, 0.2) is 0 Å². The molecule has 1 aromatic rings. The summed E-state index contributed by atoms with van der Waals surface area (Å²) in [6.45, 7) is 0.0561. The first kappa shape index (κ1) is 13.3. The fraction of sp³-hybridized carbons (Fsp3) is 0.455. The lowest BCUT2D eigenvalue weighted by molar-refractivity contribution is -0.0134. The summed E-state index contributed by atoms with van der Waals surface area (Å²) in [4.78, 5) is 0.519. The van der Waals surface area contributed by atoms with Crippen LogP contribution in [0.1, 0.15) is 5.56 Å². The third-order valence-electron chi connectivity index (χ3n) is 2.23. The topological polar surface area (TPSA) is 57.5 Å². The summed E-state index contributed by atoms with van der Waals surface area (Å²) in [6.07, 6.45) is 0. The molecule has 5 heteroatoms. The fourth-order valence-corrected chi connectivity index (χ4v) is 2.41. The lowest BCUT2D eigenvalue weighted by Gasteiger charge is -2.21. The van der Waals surface area contributed by atoms with Gasteiger partial charge in [0.1, 0.15) is 12.3 Å². The maximum absolute atomic E-state index is 12.4. The van der Waals surface area contributed by atoms with E-state index in [4.69, 9.17) is 5.11 Å². The Labute approximate surface area is 96.4 Å². The summed E-state index contributed by atoms with van der Waals surface area (Å²) in [5.41, 5.74) is -0.876. The van der Waals surface area contributed by atoms with Crippen LogP contribution in [0.4, 0.5) is 4.39 Å². The molecule has 0 bridgehead atoms. The molecule has 0 heterocycles. The van der Waals surface area contributed by atoms with E-state index in [-0.39, 0.29) is 5.75 Å². The first-order chi connectivity index (χ1) is 7.50. The zero-order valence-corrected chi connectivity index (χ0v) is 9.84. The van der Waals surface area contributed by atoms with Crippen molar-refractivity contribution in [3.05, 3.63) is 29.8 Å². The minimum Gasteiger partial charge on any atom is -0.393 e. The Kier molecular flexibility index (Phi) is 4.58. The van der Waals surface area contributed by atoms with Gasteiger partial charge in [0.25, 0.3) is 0 Å². The standard InChI is InChI=1S/C11H15FO3S/c1-9-2-4-10(5-3-9)16(15)8-11(14,6-12)7-13/h2-5,13-14H,6-8H2,1H3/t11-,16-/m1/s1. The van der Waals surface area contributed by atoms with Gasteiger partial charge in [-0.2, -0.15) is 0 Å². The highest BCUT2D eigenvalue weighted by atomic mass is 32.2. The molecule has 16 heavy (non-hydrogen) atoms. The Bertz CT molecular complexity index is 360. The highest BCUT2D eigenvalue weighted by Crippen LogP contribution is 2.14. The molecular weight excluding hydrogens is 231 g/mol. The Morgan fingerprint density at radius 3 is 2.38 bits per heavy atom. The van der Waals surface area contributed by atoms with Gasteiger partial charge in [-0.25, -0.2) is 4.39 Å². The van der Waals surface area contributed by atoms with Crippen molar-refractivity contribution in [2.45, 2.75) is 17.4 Å². The molecule has 2 N–H and O–H groups in total. The molecule has 0 amide bonds. The van der Waals surface area contributed by atoms with Gasteiger partial charge in [-0.3, -0.25) is 4.21 Å². The second-order valence-electron chi connectivity index (χ2n) is 3.82. The van der Waals surface area contributed by atoms with Crippen LogP contribution >= 0.6 is 0 Å². The Balaban J connectivity index is 2.76. The number of aryl methyl sites for hydroxylation is 1. The van der Waals surface area contributed by atoms with Gasteiger partial charge < -0.3 is 10.2 Å². The van der Waals surface area contributed by atoms with Crippen molar-refractivity contribution in [2.75, 3.05) is 19.0 Å². The predicted molar refractivity (Wildman–Crippen MR) is 60.5 cm³/mol. The number of halogens is 1. The van der Waals surface area contributed by atoms with Gasteiger partial charge in [0, 0.05) is 4.90 Å². The predicted octanol–water partition coefficient (Wildman–Crippen LogP) is 0.796. The van der Waals surface area contributed by atoms with Crippen LogP contribution in [-0.2, 0) is 10.8 Å². The quantitative estimate of drug-likeness (QED) is 0.808. The Morgan fingerprint density at radius 1 is 1.38 bits per heavy atom. The summed E-state index contributed by atoms with van der Waals surface area (Å²) < 4.78 is 24.2. The van der Waals surface area contributed by atoms with E-state index in [1.165, 1.54) is 0 Å². The van der Waals surface area contributed by atoms with E-state index < -0.39 is 29.7 Å². The van der Waals surface area contributed by atoms with Gasteiger partial charge in [-0.05, 0) is 19.1 Å². The number of rotatable bonds is 5. The molecule has 0 radical (unpaired) electrons. The van der Waals surface area contributed by atoms with Crippen molar-refractivity contribution < 1.29 is 18.8 Å². The van der Waals surface area contributed by atoms with Crippen molar-refractivity contribution in [2.24, 2.45) is 0 Å². The van der Waals surface area contributed by atoms with Crippen LogP contribution in [0, 0.1) is 6.92 Å². The minimum atomic E-state index is -1.91. The monoisotopic (exact) mass is 246 g/mol. The van der Waals surface area contributed by atoms with Crippen LogP contribution in [0.5, 0.6) is 0 Å². The third kappa shape index (κ3) is 3.37. The fourth-order valence-electron chi connectivity index (χ4n) is 1.14. The van der Waals surface area contributed by atoms with E-state index >= 15 is 0 Å². The summed E-state index contributed by atoms with van der Waals surface area (Å²) in [7, 11) is -1.51.